The van der Waals surface area contributed by atoms with Crippen molar-refractivity contribution in [1.29, 1.82) is 0 Å². The van der Waals surface area contributed by atoms with Gasteiger partial charge in [-0.05, 0) is 68.5 Å². The van der Waals surface area contributed by atoms with Gasteiger partial charge < -0.3 is 24.2 Å². The van der Waals surface area contributed by atoms with Gasteiger partial charge in [0.05, 0.1) is 38.0 Å². The van der Waals surface area contributed by atoms with Crippen molar-refractivity contribution in [2.24, 2.45) is 0 Å². The third-order valence-corrected chi connectivity index (χ3v) is 6.80. The number of methoxy groups -OCH3 is 1. The predicted molar refractivity (Wildman–Crippen MR) is 139 cm³/mol. The number of aliphatic hydroxyl groups is 1. The van der Waals surface area contributed by atoms with Crippen LogP contribution < -0.4 is 9.47 Å². The molecule has 0 aliphatic carbocycles. The number of nitrogens with zero attached hydrogens (tertiary/aromatic N) is 2. The Morgan fingerprint density at radius 3 is 2.66 bits per heavy atom. The second-order valence-electron chi connectivity index (χ2n) is 9.70. The summed E-state index contributed by atoms with van der Waals surface area (Å²) in [5.74, 6) is 1.51. The van der Waals surface area contributed by atoms with E-state index in [1.54, 1.807) is 24.5 Å². The summed E-state index contributed by atoms with van der Waals surface area (Å²) in [7, 11) is 1.63. The Balaban J connectivity index is 1.67. The number of carbonyl (C=O) groups excluding carboxylic acids is 1. The van der Waals surface area contributed by atoms with Crippen molar-refractivity contribution in [2.45, 2.75) is 44.9 Å². The molecule has 1 aliphatic rings. The molecule has 1 aromatic carbocycles. The number of amides is 1. The van der Waals surface area contributed by atoms with E-state index in [4.69, 9.17) is 14.2 Å². The first-order valence-electron chi connectivity index (χ1n) is 12.0. The minimum absolute atomic E-state index is 0.0102. The normalized spacial score (nSPS) is 16.6. The highest BCUT2D eigenvalue weighted by Gasteiger charge is 2.33. The molecule has 192 valence electrons. The SMILES string of the molecule is C=CCN(CC(=O)N1CCc2sccc2[C@@H]1COc1ccc(OC)cc1)C[C@H](O)COC(C)(C)C. The lowest BCUT2D eigenvalue weighted by atomic mass is 10.0. The van der Waals surface area contributed by atoms with E-state index in [0.29, 0.717) is 26.2 Å². The second-order valence-corrected chi connectivity index (χ2v) is 10.7. The molecule has 1 aliphatic heterocycles. The first-order chi connectivity index (χ1) is 16.7. The lowest BCUT2D eigenvalue weighted by Gasteiger charge is -2.37. The van der Waals surface area contributed by atoms with Gasteiger partial charge in [0.1, 0.15) is 18.1 Å². The summed E-state index contributed by atoms with van der Waals surface area (Å²) in [6.07, 6.45) is 1.89. The average Bonchev–Trinajstić information content (AvgIpc) is 3.30. The lowest BCUT2D eigenvalue weighted by Crippen LogP contribution is -2.48. The molecular formula is C27H38N2O5S. The summed E-state index contributed by atoms with van der Waals surface area (Å²) >= 11 is 1.73. The first-order valence-corrected chi connectivity index (χ1v) is 12.9. The van der Waals surface area contributed by atoms with Crippen LogP contribution in [-0.4, -0.2) is 79.0 Å². The Kier molecular flexibility index (Phi) is 9.74. The molecule has 0 spiro atoms. The molecule has 0 saturated heterocycles. The minimum Gasteiger partial charge on any atom is -0.497 e. The number of hydrogen-bond donors (Lipinski definition) is 1. The van der Waals surface area contributed by atoms with Gasteiger partial charge in [-0.15, -0.1) is 17.9 Å². The van der Waals surface area contributed by atoms with Crippen molar-refractivity contribution in [3.63, 3.8) is 0 Å². The number of hydrogen-bond acceptors (Lipinski definition) is 7. The molecule has 0 saturated carbocycles. The lowest BCUT2D eigenvalue weighted by molar-refractivity contribution is -0.136. The van der Waals surface area contributed by atoms with E-state index in [2.05, 4.69) is 18.0 Å². The summed E-state index contributed by atoms with van der Waals surface area (Å²) < 4.78 is 17.0. The van der Waals surface area contributed by atoms with E-state index >= 15 is 0 Å². The van der Waals surface area contributed by atoms with Crippen LogP contribution in [0.4, 0.5) is 0 Å². The fourth-order valence-electron chi connectivity index (χ4n) is 4.09. The van der Waals surface area contributed by atoms with E-state index in [1.807, 2.05) is 54.8 Å². The summed E-state index contributed by atoms with van der Waals surface area (Å²) in [5, 5.41) is 12.6. The van der Waals surface area contributed by atoms with Crippen LogP contribution in [0.25, 0.3) is 0 Å². The first kappa shape index (κ1) is 27.2. The standard InChI is InChI=1S/C27H38N2O5S/c1-6-13-28(16-20(30)18-34-27(2,3)4)17-26(31)29-14-11-25-23(12-15-35-25)24(29)19-33-22-9-7-21(32-5)8-10-22/h6-10,12,15,20,24,30H,1,11,13-14,16-19H2,2-5H3/t20-,24-/m0/s1. The molecule has 35 heavy (non-hydrogen) atoms. The van der Waals surface area contributed by atoms with Gasteiger partial charge in [-0.3, -0.25) is 9.69 Å². The smallest absolute Gasteiger partial charge is 0.237 e. The molecule has 7 nitrogen and oxygen atoms in total. The highest BCUT2D eigenvalue weighted by atomic mass is 32.1. The molecule has 0 fully saturated rings. The van der Waals surface area contributed by atoms with E-state index in [-0.39, 0.29) is 30.7 Å². The number of carbonyl (C=O) groups is 1. The highest BCUT2D eigenvalue weighted by Crippen LogP contribution is 2.34. The van der Waals surface area contributed by atoms with Gasteiger partial charge >= 0.3 is 0 Å². The fraction of sp³-hybridized carbons (Fsp3) is 0.519. The largest absolute Gasteiger partial charge is 0.497 e. The summed E-state index contributed by atoms with van der Waals surface area (Å²) in [6, 6.07) is 9.38. The Morgan fingerprint density at radius 1 is 1.29 bits per heavy atom. The third-order valence-electron chi connectivity index (χ3n) is 5.81. The van der Waals surface area contributed by atoms with Gasteiger partial charge in [-0.2, -0.15) is 0 Å². The molecular weight excluding hydrogens is 464 g/mol. The number of benzene rings is 1. The van der Waals surface area contributed by atoms with Crippen LogP contribution in [0, 0.1) is 0 Å². The van der Waals surface area contributed by atoms with Gasteiger partial charge in [0.25, 0.3) is 0 Å². The highest BCUT2D eigenvalue weighted by molar-refractivity contribution is 7.10. The van der Waals surface area contributed by atoms with E-state index in [0.717, 1.165) is 23.5 Å². The predicted octanol–water partition coefficient (Wildman–Crippen LogP) is 3.93. The zero-order valence-corrected chi connectivity index (χ0v) is 22.1. The van der Waals surface area contributed by atoms with Crippen LogP contribution in [0.3, 0.4) is 0 Å². The molecule has 1 N–H and O–H groups in total. The van der Waals surface area contributed by atoms with Crippen LogP contribution in [0.15, 0.2) is 48.4 Å². The molecule has 0 radical (unpaired) electrons. The van der Waals surface area contributed by atoms with E-state index < -0.39 is 6.10 Å². The number of aliphatic hydroxyl groups excluding tert-OH is 1. The van der Waals surface area contributed by atoms with Crippen molar-refractivity contribution in [3.8, 4) is 11.5 Å². The molecule has 0 bridgehead atoms. The van der Waals surface area contributed by atoms with Crippen LogP contribution in [0.5, 0.6) is 11.5 Å². The van der Waals surface area contributed by atoms with Crippen molar-refractivity contribution < 1.29 is 24.1 Å². The molecule has 2 heterocycles. The molecule has 2 atom stereocenters. The Hall–Kier alpha value is -2.39. The van der Waals surface area contributed by atoms with Gasteiger partial charge in [-0.1, -0.05) is 6.08 Å². The van der Waals surface area contributed by atoms with E-state index in [9.17, 15) is 9.90 Å². The molecule has 0 unspecified atom stereocenters. The van der Waals surface area contributed by atoms with Crippen molar-refractivity contribution in [1.82, 2.24) is 9.80 Å². The Labute approximate surface area is 212 Å². The Bertz CT molecular complexity index is 953. The molecule has 2 aromatic rings. The number of fused-ring (bicyclic) bond motifs is 1. The molecule has 1 amide bonds. The fourth-order valence-corrected chi connectivity index (χ4v) is 5.02. The van der Waals surface area contributed by atoms with Gasteiger partial charge in [0, 0.05) is 24.5 Å². The molecule has 3 rings (SSSR count). The quantitative estimate of drug-likeness (QED) is 0.444. The van der Waals surface area contributed by atoms with E-state index in [1.165, 1.54) is 4.88 Å². The van der Waals surface area contributed by atoms with Crippen LogP contribution in [0.2, 0.25) is 0 Å². The van der Waals surface area contributed by atoms with Crippen LogP contribution in [-0.2, 0) is 16.0 Å². The number of thiophene rings is 1. The zero-order valence-electron chi connectivity index (χ0n) is 21.2. The molecule has 8 heteroatoms. The van der Waals surface area contributed by atoms with Crippen molar-refractivity contribution in [3.05, 3.63) is 58.8 Å². The zero-order chi connectivity index (χ0) is 25.4. The van der Waals surface area contributed by atoms with Crippen LogP contribution >= 0.6 is 11.3 Å². The van der Waals surface area contributed by atoms with Gasteiger partial charge in [0.15, 0.2) is 0 Å². The minimum atomic E-state index is -0.694. The summed E-state index contributed by atoms with van der Waals surface area (Å²) in [6.45, 7) is 11.9. The summed E-state index contributed by atoms with van der Waals surface area (Å²) in [4.78, 5) is 18.6. The average molecular weight is 503 g/mol. The van der Waals surface area contributed by atoms with Crippen molar-refractivity contribution >= 4 is 17.2 Å². The monoisotopic (exact) mass is 502 g/mol. The maximum atomic E-state index is 13.5. The third kappa shape index (κ3) is 8.07. The Morgan fingerprint density at radius 2 is 2.00 bits per heavy atom. The second kappa shape index (κ2) is 12.5. The maximum absolute atomic E-state index is 13.5. The summed E-state index contributed by atoms with van der Waals surface area (Å²) in [5.41, 5.74) is 0.820. The van der Waals surface area contributed by atoms with Crippen LogP contribution in [0.1, 0.15) is 37.3 Å². The topological polar surface area (TPSA) is 71.5 Å². The van der Waals surface area contributed by atoms with Gasteiger partial charge in [0.2, 0.25) is 5.91 Å². The molecule has 1 aromatic heterocycles. The number of rotatable bonds is 12. The van der Waals surface area contributed by atoms with Crippen molar-refractivity contribution in [2.75, 3.05) is 46.5 Å². The van der Waals surface area contributed by atoms with Gasteiger partial charge in [-0.25, -0.2) is 0 Å². The number of ether oxygens (including phenoxy) is 3. The maximum Gasteiger partial charge on any atom is 0.237 e.